The summed E-state index contributed by atoms with van der Waals surface area (Å²) in [6.45, 7) is 6.06. The van der Waals surface area contributed by atoms with Crippen molar-refractivity contribution < 1.29 is 29.0 Å². The molecule has 2 heterocycles. The van der Waals surface area contributed by atoms with Gasteiger partial charge in [-0.3, -0.25) is 14.4 Å². The molecule has 28 heavy (non-hydrogen) atoms. The third-order valence-electron chi connectivity index (χ3n) is 5.58. The van der Waals surface area contributed by atoms with Crippen LogP contribution in [0.3, 0.4) is 0 Å². The number of carbonyl (C=O) groups is 3. The summed E-state index contributed by atoms with van der Waals surface area (Å²) >= 11 is 6.34. The van der Waals surface area contributed by atoms with Crippen molar-refractivity contribution in [3.8, 4) is 0 Å². The topological polar surface area (TPSA) is 93.1 Å². The second-order valence-electron chi connectivity index (χ2n) is 7.58. The van der Waals surface area contributed by atoms with E-state index >= 15 is 0 Å². The van der Waals surface area contributed by atoms with E-state index in [4.69, 9.17) is 21.1 Å². The second kappa shape index (κ2) is 7.61. The van der Waals surface area contributed by atoms with Crippen molar-refractivity contribution in [1.82, 2.24) is 4.90 Å². The van der Waals surface area contributed by atoms with E-state index in [1.54, 1.807) is 13.1 Å². The summed E-state index contributed by atoms with van der Waals surface area (Å²) in [5.41, 5.74) is -2.91. The minimum Gasteiger partial charge on any atom is -0.442 e. The fraction of sp³-hybridized carbons (Fsp3) is 0.650. The van der Waals surface area contributed by atoms with E-state index in [1.165, 1.54) is 6.92 Å². The van der Waals surface area contributed by atoms with Gasteiger partial charge in [0.25, 0.3) is 0 Å². The van der Waals surface area contributed by atoms with E-state index in [2.05, 4.69) is 0 Å². The summed E-state index contributed by atoms with van der Waals surface area (Å²) in [4.78, 5) is 40.0. The molecule has 0 unspecified atom stereocenters. The second-order valence-corrected chi connectivity index (χ2v) is 7.96. The van der Waals surface area contributed by atoms with Gasteiger partial charge in [-0.1, -0.05) is 25.4 Å². The number of ketones is 2. The fourth-order valence-electron chi connectivity index (χ4n) is 4.13. The van der Waals surface area contributed by atoms with Gasteiger partial charge >= 0.3 is 5.97 Å². The summed E-state index contributed by atoms with van der Waals surface area (Å²) in [5.74, 6) is -2.13. The van der Waals surface area contributed by atoms with Gasteiger partial charge in [-0.15, -0.1) is 0 Å². The maximum Gasteiger partial charge on any atom is 0.307 e. The molecule has 0 saturated carbocycles. The molecule has 0 radical (unpaired) electrons. The number of hydrogen-bond donors (Lipinski definition) is 1. The van der Waals surface area contributed by atoms with Crippen molar-refractivity contribution in [3.05, 3.63) is 22.4 Å². The average Bonchev–Trinajstić information content (AvgIpc) is 3.14. The predicted molar refractivity (Wildman–Crippen MR) is 101 cm³/mol. The zero-order chi connectivity index (χ0) is 20.7. The van der Waals surface area contributed by atoms with Crippen molar-refractivity contribution in [2.45, 2.75) is 70.3 Å². The molecule has 1 spiro atoms. The van der Waals surface area contributed by atoms with E-state index in [9.17, 15) is 19.5 Å². The Morgan fingerprint density at radius 1 is 1.36 bits per heavy atom. The van der Waals surface area contributed by atoms with Crippen LogP contribution in [0.1, 0.15) is 52.9 Å². The van der Waals surface area contributed by atoms with Crippen LogP contribution in [0.25, 0.3) is 0 Å². The number of halogens is 1. The molecule has 3 rings (SSSR count). The molecule has 0 bridgehead atoms. The number of carbonyl (C=O) groups excluding carboxylic acids is 3. The lowest BCUT2D eigenvalue weighted by molar-refractivity contribution is -0.173. The summed E-state index contributed by atoms with van der Waals surface area (Å²) in [6, 6.07) is 0. The first kappa shape index (κ1) is 21.0. The van der Waals surface area contributed by atoms with Gasteiger partial charge in [0, 0.05) is 43.3 Å². The predicted octanol–water partition coefficient (Wildman–Crippen LogP) is 2.21. The van der Waals surface area contributed by atoms with Gasteiger partial charge in [0.2, 0.25) is 17.2 Å². The third kappa shape index (κ3) is 3.00. The highest BCUT2D eigenvalue weighted by molar-refractivity contribution is 6.49. The van der Waals surface area contributed by atoms with Crippen LogP contribution < -0.4 is 0 Å². The monoisotopic (exact) mass is 411 g/mol. The summed E-state index contributed by atoms with van der Waals surface area (Å²) in [7, 11) is 0. The molecule has 3 atom stereocenters. The quantitative estimate of drug-likeness (QED) is 0.547. The SMILES string of the molecule is CCCC(=O)O[C@]1(C)C(=O)C2=CN(CCC)[C@]3(CCCO3)[C@@H](O)C2=C(Cl)C1=O. The number of aliphatic hydroxyl groups excluding tert-OH is 1. The standard InChI is InChI=1S/C20H26ClNO6/c1-4-7-13(23)28-19(3)16(24)12-11-22(9-5-2)20(8-6-10-27-20)17(25)14(12)15(21)18(19)26/h11,17,25H,4-10H2,1-3H3/t17-,19+,20-/m0/s1. The minimum absolute atomic E-state index is 0.0648. The lowest BCUT2D eigenvalue weighted by Gasteiger charge is -2.49. The normalized spacial score (nSPS) is 32.7. The zero-order valence-corrected chi connectivity index (χ0v) is 17.2. The molecule has 1 N–H and O–H groups in total. The van der Waals surface area contributed by atoms with Crippen LogP contribution in [0.4, 0.5) is 0 Å². The number of nitrogens with zero attached hydrogens (tertiary/aromatic N) is 1. The van der Waals surface area contributed by atoms with Crippen LogP contribution in [0.5, 0.6) is 0 Å². The molecular weight excluding hydrogens is 386 g/mol. The molecule has 3 aliphatic rings. The molecule has 0 aromatic carbocycles. The largest absolute Gasteiger partial charge is 0.442 e. The Hall–Kier alpha value is -1.70. The highest BCUT2D eigenvalue weighted by Gasteiger charge is 2.59. The fourth-order valence-corrected chi connectivity index (χ4v) is 4.52. The Morgan fingerprint density at radius 3 is 2.64 bits per heavy atom. The number of aliphatic hydroxyl groups is 1. The Kier molecular flexibility index (Phi) is 5.71. The van der Waals surface area contributed by atoms with E-state index in [-0.39, 0.29) is 22.6 Å². The molecule has 0 aromatic rings. The maximum absolute atomic E-state index is 13.2. The van der Waals surface area contributed by atoms with Crippen molar-refractivity contribution in [3.63, 3.8) is 0 Å². The molecule has 7 nitrogen and oxygen atoms in total. The number of Topliss-reactive ketones (excluding diaryl/α,β-unsaturated/α-hetero) is 2. The van der Waals surface area contributed by atoms with Gasteiger partial charge in [0.15, 0.2) is 5.72 Å². The third-order valence-corrected chi connectivity index (χ3v) is 5.95. The van der Waals surface area contributed by atoms with Crippen molar-refractivity contribution >= 4 is 29.1 Å². The maximum atomic E-state index is 13.2. The minimum atomic E-state index is -2.03. The Labute approximate surface area is 169 Å². The van der Waals surface area contributed by atoms with E-state index in [0.29, 0.717) is 26.0 Å². The van der Waals surface area contributed by atoms with Gasteiger partial charge in [-0.05, 0) is 26.2 Å². The molecule has 1 aliphatic carbocycles. The van der Waals surface area contributed by atoms with E-state index in [0.717, 1.165) is 12.8 Å². The molecule has 0 aromatic heterocycles. The molecule has 154 valence electrons. The van der Waals surface area contributed by atoms with Crippen molar-refractivity contribution in [1.29, 1.82) is 0 Å². The number of ether oxygens (including phenoxy) is 2. The molecule has 2 aliphatic heterocycles. The molecule has 8 heteroatoms. The Bertz CT molecular complexity index is 767. The smallest absolute Gasteiger partial charge is 0.307 e. The summed E-state index contributed by atoms with van der Waals surface area (Å²) in [5, 5.41) is 10.9. The first-order chi connectivity index (χ1) is 13.2. The van der Waals surface area contributed by atoms with Crippen molar-refractivity contribution in [2.24, 2.45) is 0 Å². The van der Waals surface area contributed by atoms with Crippen LogP contribution in [0.15, 0.2) is 22.4 Å². The van der Waals surface area contributed by atoms with E-state index < -0.39 is 35.0 Å². The summed E-state index contributed by atoms with van der Waals surface area (Å²) < 4.78 is 11.2. The first-order valence-electron chi connectivity index (χ1n) is 9.75. The van der Waals surface area contributed by atoms with Crippen LogP contribution in [-0.4, -0.2) is 58.1 Å². The molecule has 0 amide bonds. The molecule has 1 saturated heterocycles. The first-order valence-corrected chi connectivity index (χ1v) is 10.1. The van der Waals surface area contributed by atoms with E-state index in [1.807, 2.05) is 11.8 Å². The Balaban J connectivity index is 2.10. The highest BCUT2D eigenvalue weighted by atomic mass is 35.5. The lowest BCUT2D eigenvalue weighted by atomic mass is 9.74. The van der Waals surface area contributed by atoms with Crippen LogP contribution in [0.2, 0.25) is 0 Å². The van der Waals surface area contributed by atoms with Crippen LogP contribution in [-0.2, 0) is 23.9 Å². The van der Waals surface area contributed by atoms with Gasteiger partial charge < -0.3 is 19.5 Å². The molecular formula is C20H26ClNO6. The van der Waals surface area contributed by atoms with Gasteiger partial charge in [0.1, 0.15) is 6.10 Å². The van der Waals surface area contributed by atoms with Crippen molar-refractivity contribution in [2.75, 3.05) is 13.2 Å². The molecule has 1 fully saturated rings. The van der Waals surface area contributed by atoms with Gasteiger partial charge in [-0.2, -0.15) is 0 Å². The van der Waals surface area contributed by atoms with Crippen LogP contribution >= 0.6 is 11.6 Å². The average molecular weight is 412 g/mol. The Morgan fingerprint density at radius 2 is 2.07 bits per heavy atom. The number of fused-ring (bicyclic) bond motifs is 1. The summed E-state index contributed by atoms with van der Waals surface area (Å²) in [6.07, 6.45) is 3.03. The van der Waals surface area contributed by atoms with Gasteiger partial charge in [-0.25, -0.2) is 0 Å². The van der Waals surface area contributed by atoms with Crippen LogP contribution in [0, 0.1) is 0 Å². The van der Waals surface area contributed by atoms with Gasteiger partial charge in [0.05, 0.1) is 5.03 Å². The number of esters is 1. The zero-order valence-electron chi connectivity index (χ0n) is 16.4. The lowest BCUT2D eigenvalue weighted by Crippen LogP contribution is -2.62. The number of hydrogen-bond acceptors (Lipinski definition) is 7. The highest BCUT2D eigenvalue weighted by Crippen LogP contribution is 2.47. The number of rotatable bonds is 5.